The Morgan fingerprint density at radius 3 is 2.63 bits per heavy atom. The number of rotatable bonds is 4. The second-order valence-electron chi connectivity index (χ2n) is 9.97. The maximum Gasteiger partial charge on any atom is 0.332 e. The molecule has 0 aliphatic carbocycles. The second kappa shape index (κ2) is 8.51. The van der Waals surface area contributed by atoms with Crippen molar-refractivity contribution in [3.8, 4) is 0 Å². The van der Waals surface area contributed by atoms with Gasteiger partial charge in [0.15, 0.2) is 11.2 Å². The third-order valence-electron chi connectivity index (χ3n) is 7.56. The predicted molar refractivity (Wildman–Crippen MR) is 130 cm³/mol. The summed E-state index contributed by atoms with van der Waals surface area (Å²) in [7, 11) is 2.97. The Bertz CT molecular complexity index is 1420. The van der Waals surface area contributed by atoms with Crippen LogP contribution in [-0.4, -0.2) is 53.0 Å². The molecule has 0 radical (unpaired) electrons. The lowest BCUT2D eigenvalue weighted by Gasteiger charge is -2.35. The van der Waals surface area contributed by atoms with Crippen molar-refractivity contribution < 1.29 is 9.59 Å². The highest BCUT2D eigenvalue weighted by Crippen LogP contribution is 2.39. The van der Waals surface area contributed by atoms with Gasteiger partial charge in [-0.05, 0) is 38.2 Å². The molecule has 0 saturated carbocycles. The first-order valence-corrected chi connectivity index (χ1v) is 12.0. The van der Waals surface area contributed by atoms with Gasteiger partial charge in [0.1, 0.15) is 6.54 Å². The molecule has 0 spiro atoms. The van der Waals surface area contributed by atoms with E-state index >= 15 is 0 Å². The Hall–Kier alpha value is -3.69. The van der Waals surface area contributed by atoms with E-state index in [0.717, 1.165) is 16.6 Å². The van der Waals surface area contributed by atoms with Crippen LogP contribution in [0.25, 0.3) is 11.2 Å². The highest BCUT2D eigenvalue weighted by Gasteiger charge is 2.52. The van der Waals surface area contributed by atoms with E-state index in [1.807, 2.05) is 42.2 Å². The molecular formula is C25H30N6O4. The summed E-state index contributed by atoms with van der Waals surface area (Å²) < 4.78 is 3.87. The average molecular weight is 479 g/mol. The minimum atomic E-state index is -0.514. The third-order valence-corrected chi connectivity index (χ3v) is 7.56. The Morgan fingerprint density at radius 1 is 1.14 bits per heavy atom. The topological polar surface area (TPSA) is 111 Å². The van der Waals surface area contributed by atoms with Crippen LogP contribution in [0, 0.1) is 0 Å². The predicted octanol–water partition coefficient (Wildman–Crippen LogP) is 0.705. The molecule has 2 fully saturated rings. The van der Waals surface area contributed by atoms with Gasteiger partial charge in [-0.2, -0.15) is 0 Å². The SMILES string of the molecule is Cn1c(=O)c2c(ncn2CC(=O)N2[C@H](Cc3ccccc3)C[C@]3(C)NC(=O)CCC[C@H]23)n(C)c1=O. The van der Waals surface area contributed by atoms with Crippen LogP contribution in [-0.2, 0) is 36.6 Å². The van der Waals surface area contributed by atoms with Gasteiger partial charge in [-0.3, -0.25) is 23.5 Å². The first kappa shape index (κ1) is 23.1. The van der Waals surface area contributed by atoms with E-state index in [1.165, 1.54) is 22.5 Å². The first-order valence-electron chi connectivity index (χ1n) is 12.0. The van der Waals surface area contributed by atoms with E-state index < -0.39 is 16.8 Å². The molecule has 0 bridgehead atoms. The molecular weight excluding hydrogens is 448 g/mol. The average Bonchev–Trinajstić information content (AvgIpc) is 3.31. The molecule has 10 nitrogen and oxygen atoms in total. The Kier molecular flexibility index (Phi) is 5.61. The zero-order valence-corrected chi connectivity index (χ0v) is 20.2. The van der Waals surface area contributed by atoms with Crippen LogP contribution in [0.4, 0.5) is 0 Å². The van der Waals surface area contributed by atoms with E-state index in [2.05, 4.69) is 10.3 Å². The molecule has 3 aromatic rings. The smallest absolute Gasteiger partial charge is 0.332 e. The van der Waals surface area contributed by atoms with Crippen LogP contribution in [0.3, 0.4) is 0 Å². The Labute approximate surface area is 202 Å². The van der Waals surface area contributed by atoms with E-state index in [4.69, 9.17) is 0 Å². The van der Waals surface area contributed by atoms with Crippen molar-refractivity contribution in [1.82, 2.24) is 28.9 Å². The van der Waals surface area contributed by atoms with Crippen LogP contribution >= 0.6 is 0 Å². The van der Waals surface area contributed by atoms with E-state index in [-0.39, 0.29) is 41.6 Å². The minimum absolute atomic E-state index is 0.0211. The van der Waals surface area contributed by atoms with Gasteiger partial charge in [0, 0.05) is 26.6 Å². The molecule has 2 saturated heterocycles. The highest BCUT2D eigenvalue weighted by atomic mass is 16.2. The number of amides is 2. The van der Waals surface area contributed by atoms with Crippen molar-refractivity contribution in [2.24, 2.45) is 14.1 Å². The maximum absolute atomic E-state index is 13.9. The Morgan fingerprint density at radius 2 is 1.89 bits per heavy atom. The molecule has 3 atom stereocenters. The standard InChI is InChI=1S/C25H30N6O4/c1-25-13-17(12-16-8-5-4-6-9-16)31(18(25)10-7-11-19(32)27-25)20(33)14-30-15-26-22-21(30)23(34)29(3)24(35)28(22)2/h4-6,8-9,15,17-18H,7,10-14H2,1-3H3,(H,27,32)/t17-,18+,25+/m1/s1. The molecule has 5 rings (SSSR count). The number of imidazole rings is 1. The van der Waals surface area contributed by atoms with E-state index in [0.29, 0.717) is 25.7 Å². The Balaban J connectivity index is 1.52. The number of aryl methyl sites for hydroxylation is 1. The monoisotopic (exact) mass is 478 g/mol. The van der Waals surface area contributed by atoms with E-state index in [1.54, 1.807) is 7.05 Å². The summed E-state index contributed by atoms with van der Waals surface area (Å²) in [5, 5.41) is 3.19. The molecule has 10 heteroatoms. The van der Waals surface area contributed by atoms with Gasteiger partial charge in [0.2, 0.25) is 11.8 Å². The lowest BCUT2D eigenvalue weighted by Crippen LogP contribution is -2.54. The quantitative estimate of drug-likeness (QED) is 0.594. The summed E-state index contributed by atoms with van der Waals surface area (Å²) in [6.45, 7) is 1.96. The van der Waals surface area contributed by atoms with Crippen LogP contribution in [0.15, 0.2) is 46.2 Å². The van der Waals surface area contributed by atoms with Crippen molar-refractivity contribution >= 4 is 23.0 Å². The minimum Gasteiger partial charge on any atom is -0.349 e. The number of benzene rings is 1. The van der Waals surface area contributed by atoms with Crippen LogP contribution in [0.1, 0.15) is 38.2 Å². The molecule has 2 amide bonds. The summed E-state index contributed by atoms with van der Waals surface area (Å²) in [5.74, 6) is -0.112. The van der Waals surface area contributed by atoms with Crippen molar-refractivity contribution in [2.75, 3.05) is 0 Å². The normalized spacial score (nSPS) is 24.3. The maximum atomic E-state index is 13.9. The number of fused-ring (bicyclic) bond motifs is 2. The van der Waals surface area contributed by atoms with Crippen molar-refractivity contribution in [1.29, 1.82) is 0 Å². The largest absolute Gasteiger partial charge is 0.349 e. The van der Waals surface area contributed by atoms with Gasteiger partial charge in [0.25, 0.3) is 5.56 Å². The fraction of sp³-hybridized carbons (Fsp3) is 0.480. The summed E-state index contributed by atoms with van der Waals surface area (Å²) in [6.07, 6.45) is 4.67. The second-order valence-corrected chi connectivity index (χ2v) is 9.97. The van der Waals surface area contributed by atoms with Crippen molar-refractivity contribution in [3.05, 3.63) is 63.1 Å². The van der Waals surface area contributed by atoms with Gasteiger partial charge in [-0.1, -0.05) is 30.3 Å². The molecule has 184 valence electrons. The van der Waals surface area contributed by atoms with Gasteiger partial charge in [-0.15, -0.1) is 0 Å². The molecule has 0 unspecified atom stereocenters. The summed E-state index contributed by atoms with van der Waals surface area (Å²) in [4.78, 5) is 57.6. The molecule has 2 aliphatic rings. The van der Waals surface area contributed by atoms with Crippen LogP contribution < -0.4 is 16.6 Å². The molecule has 1 N–H and O–H groups in total. The third kappa shape index (κ3) is 3.86. The van der Waals surface area contributed by atoms with Gasteiger partial charge >= 0.3 is 5.69 Å². The lowest BCUT2D eigenvalue weighted by atomic mass is 9.89. The summed E-state index contributed by atoms with van der Waals surface area (Å²) in [6, 6.07) is 9.78. The number of carbonyl (C=O) groups is 2. The molecule has 2 aliphatic heterocycles. The number of hydrogen-bond acceptors (Lipinski definition) is 5. The van der Waals surface area contributed by atoms with Crippen molar-refractivity contribution in [3.63, 3.8) is 0 Å². The molecule has 4 heterocycles. The van der Waals surface area contributed by atoms with Gasteiger partial charge < -0.3 is 14.8 Å². The zero-order chi connectivity index (χ0) is 24.9. The highest BCUT2D eigenvalue weighted by molar-refractivity contribution is 5.81. The molecule has 2 aromatic heterocycles. The number of nitrogens with one attached hydrogen (secondary N) is 1. The number of carbonyl (C=O) groups excluding carboxylic acids is 2. The van der Waals surface area contributed by atoms with Crippen LogP contribution in [0.2, 0.25) is 0 Å². The van der Waals surface area contributed by atoms with E-state index in [9.17, 15) is 19.2 Å². The first-order chi connectivity index (χ1) is 16.7. The number of nitrogens with zero attached hydrogens (tertiary/aromatic N) is 5. The number of hydrogen-bond donors (Lipinski definition) is 1. The molecule has 35 heavy (non-hydrogen) atoms. The van der Waals surface area contributed by atoms with Crippen molar-refractivity contribution in [2.45, 2.75) is 63.2 Å². The summed E-state index contributed by atoms with van der Waals surface area (Å²) in [5.41, 5.74) is 0.130. The number of aromatic nitrogens is 4. The number of likely N-dealkylation sites (tertiary alicyclic amines) is 1. The lowest BCUT2D eigenvalue weighted by molar-refractivity contribution is -0.135. The van der Waals surface area contributed by atoms with Crippen LogP contribution in [0.5, 0.6) is 0 Å². The van der Waals surface area contributed by atoms with Gasteiger partial charge in [0.05, 0.1) is 17.9 Å². The molecule has 1 aromatic carbocycles. The summed E-state index contributed by atoms with van der Waals surface area (Å²) >= 11 is 0. The fourth-order valence-electron chi connectivity index (χ4n) is 5.89. The zero-order valence-electron chi connectivity index (χ0n) is 20.2. The van der Waals surface area contributed by atoms with Gasteiger partial charge in [-0.25, -0.2) is 9.78 Å². The fourth-order valence-corrected chi connectivity index (χ4v) is 5.89.